The molecule has 0 fully saturated rings. The number of thioether (sulfide) groups is 1. The van der Waals surface area contributed by atoms with Gasteiger partial charge in [-0.15, -0.1) is 11.8 Å². The number of ketones is 1. The molecule has 102 valence electrons. The number of benzene rings is 2. The van der Waals surface area contributed by atoms with Crippen molar-refractivity contribution in [3.63, 3.8) is 0 Å². The normalized spacial score (nSPS) is 17.0. The van der Waals surface area contributed by atoms with Crippen molar-refractivity contribution >= 4 is 17.5 Å². The summed E-state index contributed by atoms with van der Waals surface area (Å²) in [7, 11) is 0. The average Bonchev–Trinajstić information content (AvgIpc) is 2.88. The van der Waals surface area contributed by atoms with E-state index in [9.17, 15) is 13.6 Å². The fourth-order valence-electron chi connectivity index (χ4n) is 2.43. The highest BCUT2D eigenvalue weighted by atomic mass is 32.2. The molecule has 1 heterocycles. The van der Waals surface area contributed by atoms with Crippen LogP contribution in [-0.4, -0.2) is 11.5 Å². The van der Waals surface area contributed by atoms with E-state index < -0.39 is 11.6 Å². The highest BCUT2D eigenvalue weighted by molar-refractivity contribution is 7.99. The number of Topliss-reactive ketones (excluding diaryl/α,β-unsaturated/α-hetero) is 1. The van der Waals surface area contributed by atoms with Crippen LogP contribution in [0.15, 0.2) is 47.4 Å². The third-order valence-electron chi connectivity index (χ3n) is 3.48. The van der Waals surface area contributed by atoms with E-state index in [-0.39, 0.29) is 23.7 Å². The SMILES string of the molecule is O=C(Cc1cccc(F)c1F)C1CSc2ccccc21. The largest absolute Gasteiger partial charge is 0.299 e. The zero-order chi connectivity index (χ0) is 14.1. The summed E-state index contributed by atoms with van der Waals surface area (Å²) in [5.74, 6) is -1.43. The van der Waals surface area contributed by atoms with Crippen LogP contribution in [0.2, 0.25) is 0 Å². The number of halogens is 2. The summed E-state index contributed by atoms with van der Waals surface area (Å²) in [5.41, 5.74) is 1.13. The van der Waals surface area contributed by atoms with Crippen molar-refractivity contribution in [2.45, 2.75) is 17.2 Å². The first-order valence-corrected chi connectivity index (χ1v) is 7.32. The van der Waals surface area contributed by atoms with Crippen molar-refractivity contribution < 1.29 is 13.6 Å². The first-order valence-electron chi connectivity index (χ1n) is 6.34. The second kappa shape index (κ2) is 5.37. The maximum absolute atomic E-state index is 13.6. The van der Waals surface area contributed by atoms with Crippen molar-refractivity contribution in [2.24, 2.45) is 0 Å². The van der Waals surface area contributed by atoms with Crippen molar-refractivity contribution in [1.82, 2.24) is 0 Å². The first kappa shape index (κ1) is 13.3. The molecule has 0 saturated carbocycles. The fraction of sp³-hybridized carbons (Fsp3) is 0.188. The summed E-state index contributed by atoms with van der Waals surface area (Å²) >= 11 is 1.63. The van der Waals surface area contributed by atoms with Crippen molar-refractivity contribution in [1.29, 1.82) is 0 Å². The minimum Gasteiger partial charge on any atom is -0.299 e. The van der Waals surface area contributed by atoms with Crippen LogP contribution < -0.4 is 0 Å². The molecular weight excluding hydrogens is 278 g/mol. The van der Waals surface area contributed by atoms with Gasteiger partial charge in [0.2, 0.25) is 0 Å². The number of carbonyl (C=O) groups excluding carboxylic acids is 1. The Labute approximate surface area is 120 Å². The Bertz CT molecular complexity index is 669. The molecule has 0 aliphatic carbocycles. The Morgan fingerprint density at radius 1 is 1.15 bits per heavy atom. The van der Waals surface area contributed by atoms with Crippen molar-refractivity contribution in [3.05, 3.63) is 65.2 Å². The summed E-state index contributed by atoms with van der Waals surface area (Å²) < 4.78 is 26.8. The zero-order valence-electron chi connectivity index (χ0n) is 10.6. The lowest BCUT2D eigenvalue weighted by molar-refractivity contribution is -0.119. The quantitative estimate of drug-likeness (QED) is 0.851. The summed E-state index contributed by atoms with van der Waals surface area (Å²) in [6, 6.07) is 11.7. The number of rotatable bonds is 3. The van der Waals surface area contributed by atoms with Gasteiger partial charge in [-0.05, 0) is 23.3 Å². The smallest absolute Gasteiger partial charge is 0.162 e. The third-order valence-corrected chi connectivity index (χ3v) is 4.67. The van der Waals surface area contributed by atoms with E-state index in [0.717, 1.165) is 16.5 Å². The lowest BCUT2D eigenvalue weighted by atomic mass is 9.92. The van der Waals surface area contributed by atoms with Crippen LogP contribution in [0.3, 0.4) is 0 Å². The lowest BCUT2D eigenvalue weighted by Gasteiger charge is -2.10. The van der Waals surface area contributed by atoms with Crippen LogP contribution in [0.1, 0.15) is 17.0 Å². The molecule has 1 aliphatic heterocycles. The molecule has 1 unspecified atom stereocenters. The van der Waals surface area contributed by atoms with Crippen LogP contribution in [-0.2, 0) is 11.2 Å². The van der Waals surface area contributed by atoms with Gasteiger partial charge < -0.3 is 0 Å². The number of hydrogen-bond donors (Lipinski definition) is 0. The van der Waals surface area contributed by atoms with E-state index in [1.54, 1.807) is 11.8 Å². The van der Waals surface area contributed by atoms with E-state index in [4.69, 9.17) is 0 Å². The standard InChI is InChI=1S/C16H12F2OS/c17-13-6-3-4-10(16(13)18)8-14(19)12-9-20-15-7-2-1-5-11(12)15/h1-7,12H,8-9H2. The molecule has 2 aromatic rings. The topological polar surface area (TPSA) is 17.1 Å². The molecule has 1 aliphatic rings. The monoisotopic (exact) mass is 290 g/mol. The molecule has 2 aromatic carbocycles. The van der Waals surface area contributed by atoms with Crippen LogP contribution in [0.5, 0.6) is 0 Å². The molecule has 1 nitrogen and oxygen atoms in total. The fourth-order valence-corrected chi connectivity index (χ4v) is 3.69. The maximum atomic E-state index is 13.6. The van der Waals surface area contributed by atoms with E-state index in [1.807, 2.05) is 24.3 Å². The molecule has 20 heavy (non-hydrogen) atoms. The Morgan fingerprint density at radius 3 is 2.80 bits per heavy atom. The molecule has 0 spiro atoms. The third kappa shape index (κ3) is 2.36. The molecule has 0 saturated heterocycles. The summed E-state index contributed by atoms with van der Waals surface area (Å²) in [6.07, 6.45) is -0.0663. The van der Waals surface area contributed by atoms with Gasteiger partial charge in [-0.2, -0.15) is 0 Å². The van der Waals surface area contributed by atoms with Crippen LogP contribution in [0.4, 0.5) is 8.78 Å². The van der Waals surface area contributed by atoms with E-state index in [2.05, 4.69) is 0 Å². The van der Waals surface area contributed by atoms with Crippen molar-refractivity contribution in [2.75, 3.05) is 5.75 Å². The highest BCUT2D eigenvalue weighted by Gasteiger charge is 2.29. The van der Waals surface area contributed by atoms with Gasteiger partial charge in [-0.1, -0.05) is 30.3 Å². The summed E-state index contributed by atoms with van der Waals surface area (Å²) in [5, 5.41) is 0. The van der Waals surface area contributed by atoms with Gasteiger partial charge in [0.1, 0.15) is 5.78 Å². The predicted molar refractivity (Wildman–Crippen MR) is 75.0 cm³/mol. The van der Waals surface area contributed by atoms with Crippen LogP contribution in [0.25, 0.3) is 0 Å². The molecule has 3 rings (SSSR count). The van der Waals surface area contributed by atoms with Gasteiger partial charge in [0, 0.05) is 17.1 Å². The zero-order valence-corrected chi connectivity index (χ0v) is 11.4. The molecule has 0 N–H and O–H groups in total. The summed E-state index contributed by atoms with van der Waals surface area (Å²) in [4.78, 5) is 13.4. The van der Waals surface area contributed by atoms with E-state index in [0.29, 0.717) is 5.75 Å². The van der Waals surface area contributed by atoms with Gasteiger partial charge in [0.15, 0.2) is 11.6 Å². The summed E-state index contributed by atoms with van der Waals surface area (Å²) in [6.45, 7) is 0. The Balaban J connectivity index is 1.83. The van der Waals surface area contributed by atoms with E-state index >= 15 is 0 Å². The molecule has 0 amide bonds. The molecule has 0 bridgehead atoms. The van der Waals surface area contributed by atoms with Crippen molar-refractivity contribution in [3.8, 4) is 0 Å². The molecule has 1 atom stereocenters. The molecular formula is C16H12F2OS. The van der Waals surface area contributed by atoms with Crippen LogP contribution in [0, 0.1) is 11.6 Å². The minimum atomic E-state index is -0.917. The van der Waals surface area contributed by atoms with Gasteiger partial charge in [-0.3, -0.25) is 4.79 Å². The Hall–Kier alpha value is -1.68. The molecule has 4 heteroatoms. The number of hydrogen-bond acceptors (Lipinski definition) is 2. The average molecular weight is 290 g/mol. The Morgan fingerprint density at radius 2 is 1.95 bits per heavy atom. The van der Waals surface area contributed by atoms with Gasteiger partial charge >= 0.3 is 0 Å². The molecule has 0 radical (unpaired) electrons. The number of carbonyl (C=O) groups is 1. The second-order valence-electron chi connectivity index (χ2n) is 4.76. The number of fused-ring (bicyclic) bond motifs is 1. The van der Waals surface area contributed by atoms with Crippen LogP contribution >= 0.6 is 11.8 Å². The Kier molecular flexibility index (Phi) is 3.57. The highest BCUT2D eigenvalue weighted by Crippen LogP contribution is 2.40. The van der Waals surface area contributed by atoms with Gasteiger partial charge in [-0.25, -0.2) is 8.78 Å². The first-order chi connectivity index (χ1) is 9.66. The molecule has 0 aromatic heterocycles. The van der Waals surface area contributed by atoms with Gasteiger partial charge in [0.05, 0.1) is 5.92 Å². The van der Waals surface area contributed by atoms with E-state index in [1.165, 1.54) is 12.1 Å². The minimum absolute atomic E-state index is 0.0630. The second-order valence-corrected chi connectivity index (χ2v) is 5.82. The maximum Gasteiger partial charge on any atom is 0.162 e. The lowest BCUT2D eigenvalue weighted by Crippen LogP contribution is -2.15. The predicted octanol–water partition coefficient (Wildman–Crippen LogP) is 3.97. The van der Waals surface area contributed by atoms with Gasteiger partial charge in [0.25, 0.3) is 0 Å².